The lowest BCUT2D eigenvalue weighted by molar-refractivity contribution is -0.117. The summed E-state index contributed by atoms with van der Waals surface area (Å²) in [4.78, 5) is 22.5. The summed E-state index contributed by atoms with van der Waals surface area (Å²) in [6.07, 6.45) is 2.52. The number of nitrogens with one attached hydrogen (secondary N) is 1. The maximum atomic E-state index is 11.7. The van der Waals surface area contributed by atoms with E-state index in [1.807, 2.05) is 6.26 Å². The molecule has 104 valence electrons. The summed E-state index contributed by atoms with van der Waals surface area (Å²) in [7, 11) is 0. The molecule has 0 saturated carbocycles. The van der Waals surface area contributed by atoms with E-state index in [1.54, 1.807) is 11.8 Å². The Bertz CT molecular complexity index is 482. The zero-order valence-electron chi connectivity index (χ0n) is 10.4. The molecule has 0 heterocycles. The molecule has 0 aromatic heterocycles. The molecule has 1 aromatic carbocycles. The van der Waals surface area contributed by atoms with Crippen LogP contribution in [-0.2, 0) is 4.79 Å². The highest BCUT2D eigenvalue weighted by Gasteiger charge is 2.14. The quantitative estimate of drug-likeness (QED) is 0.748. The van der Waals surface area contributed by atoms with Crippen LogP contribution >= 0.6 is 23.4 Å². The van der Waals surface area contributed by atoms with Gasteiger partial charge in [-0.1, -0.05) is 11.6 Å². The van der Waals surface area contributed by atoms with E-state index >= 15 is 0 Å². The average molecular weight is 303 g/mol. The summed E-state index contributed by atoms with van der Waals surface area (Å²) in [5.41, 5.74) is 6.14. The number of carbonyl (C=O) groups excluding carboxylic acids is 1. The fourth-order valence-electron chi connectivity index (χ4n) is 1.38. The molecule has 0 spiro atoms. The van der Waals surface area contributed by atoms with Crippen molar-refractivity contribution >= 4 is 40.9 Å². The summed E-state index contributed by atoms with van der Waals surface area (Å²) in [5.74, 6) is -0.624. The molecule has 0 aliphatic heterocycles. The third kappa shape index (κ3) is 4.74. The standard InChI is InChI=1S/C12H15ClN2O3S/c1-19-5-4-10(14)11(16)15-7-2-3-8(12(17)18)9(13)6-7/h2-3,6,10H,4-5,14H2,1H3,(H,15,16)(H,17,18)/t10-/m0/s1. The highest BCUT2D eigenvalue weighted by Crippen LogP contribution is 2.21. The lowest BCUT2D eigenvalue weighted by atomic mass is 10.2. The van der Waals surface area contributed by atoms with Gasteiger partial charge >= 0.3 is 5.97 Å². The number of nitrogens with two attached hydrogens (primary N) is 1. The average Bonchev–Trinajstić information content (AvgIpc) is 2.35. The van der Waals surface area contributed by atoms with E-state index in [4.69, 9.17) is 22.4 Å². The molecule has 4 N–H and O–H groups in total. The molecule has 7 heteroatoms. The van der Waals surface area contributed by atoms with Crippen molar-refractivity contribution in [3.05, 3.63) is 28.8 Å². The molecule has 19 heavy (non-hydrogen) atoms. The second kappa shape index (κ2) is 7.37. The van der Waals surface area contributed by atoms with Crippen LogP contribution in [-0.4, -0.2) is 35.0 Å². The predicted molar refractivity (Wildman–Crippen MR) is 78.0 cm³/mol. The number of carboxylic acids is 1. The first kappa shape index (κ1) is 15.8. The Labute approximate surface area is 120 Å². The van der Waals surface area contributed by atoms with Crippen molar-refractivity contribution in [1.29, 1.82) is 0 Å². The number of rotatable bonds is 6. The Morgan fingerprint density at radius 1 is 1.53 bits per heavy atom. The Balaban J connectivity index is 2.70. The number of benzene rings is 1. The van der Waals surface area contributed by atoms with Crippen LogP contribution < -0.4 is 11.1 Å². The van der Waals surface area contributed by atoms with E-state index in [2.05, 4.69) is 5.32 Å². The van der Waals surface area contributed by atoms with E-state index < -0.39 is 12.0 Å². The molecular weight excluding hydrogens is 288 g/mol. The maximum Gasteiger partial charge on any atom is 0.337 e. The van der Waals surface area contributed by atoms with Crippen LogP contribution in [0.1, 0.15) is 16.8 Å². The molecule has 0 saturated heterocycles. The van der Waals surface area contributed by atoms with Gasteiger partial charge in [0.2, 0.25) is 5.91 Å². The highest BCUT2D eigenvalue weighted by atomic mass is 35.5. The molecule has 0 bridgehead atoms. The minimum absolute atomic E-state index is 0.00801. The van der Waals surface area contributed by atoms with E-state index in [0.29, 0.717) is 12.1 Å². The summed E-state index contributed by atoms with van der Waals surface area (Å²) < 4.78 is 0. The van der Waals surface area contributed by atoms with Crippen LogP contribution in [0.5, 0.6) is 0 Å². The lowest BCUT2D eigenvalue weighted by Gasteiger charge is -2.12. The van der Waals surface area contributed by atoms with Crippen LogP contribution in [0.3, 0.4) is 0 Å². The minimum Gasteiger partial charge on any atom is -0.478 e. The number of aromatic carboxylic acids is 1. The van der Waals surface area contributed by atoms with Gasteiger partial charge in [0.1, 0.15) is 0 Å². The van der Waals surface area contributed by atoms with Gasteiger partial charge in [0, 0.05) is 5.69 Å². The van der Waals surface area contributed by atoms with Gasteiger partial charge in [-0.15, -0.1) is 0 Å². The number of thioether (sulfide) groups is 1. The first-order valence-electron chi connectivity index (χ1n) is 5.54. The first-order chi connectivity index (χ1) is 8.95. The van der Waals surface area contributed by atoms with Gasteiger partial charge in [-0.05, 0) is 36.6 Å². The molecule has 1 amide bonds. The number of anilines is 1. The Morgan fingerprint density at radius 3 is 2.74 bits per heavy atom. The van der Waals surface area contributed by atoms with Gasteiger partial charge in [-0.25, -0.2) is 4.79 Å². The third-order valence-corrected chi connectivity index (χ3v) is 3.39. The van der Waals surface area contributed by atoms with Crippen molar-refractivity contribution in [2.24, 2.45) is 5.73 Å². The number of hydrogen-bond acceptors (Lipinski definition) is 4. The summed E-state index contributed by atoms with van der Waals surface area (Å²) >= 11 is 7.42. The second-order valence-corrected chi connectivity index (χ2v) is 5.27. The zero-order chi connectivity index (χ0) is 14.4. The van der Waals surface area contributed by atoms with Crippen LogP contribution in [0, 0.1) is 0 Å². The molecule has 0 aliphatic carbocycles. The summed E-state index contributed by atoms with van der Waals surface area (Å²) in [5, 5.41) is 11.5. The van der Waals surface area contributed by atoms with E-state index in [0.717, 1.165) is 5.75 Å². The van der Waals surface area contributed by atoms with Gasteiger partial charge in [-0.3, -0.25) is 4.79 Å². The van der Waals surface area contributed by atoms with Gasteiger partial charge in [-0.2, -0.15) is 11.8 Å². The molecule has 1 rings (SSSR count). The van der Waals surface area contributed by atoms with E-state index in [9.17, 15) is 9.59 Å². The smallest absolute Gasteiger partial charge is 0.337 e. The molecule has 0 aliphatic rings. The minimum atomic E-state index is -1.11. The summed E-state index contributed by atoms with van der Waals surface area (Å²) in [6.45, 7) is 0. The molecular formula is C12H15ClN2O3S. The van der Waals surface area contributed by atoms with Crippen molar-refractivity contribution in [3.8, 4) is 0 Å². The van der Waals surface area contributed by atoms with Gasteiger partial charge in [0.05, 0.1) is 16.6 Å². The third-order valence-electron chi connectivity index (χ3n) is 2.44. The van der Waals surface area contributed by atoms with E-state index in [1.165, 1.54) is 18.2 Å². The van der Waals surface area contributed by atoms with Crippen molar-refractivity contribution < 1.29 is 14.7 Å². The monoisotopic (exact) mass is 302 g/mol. The Morgan fingerprint density at radius 2 is 2.21 bits per heavy atom. The highest BCUT2D eigenvalue weighted by molar-refractivity contribution is 7.98. The molecule has 1 atom stereocenters. The first-order valence-corrected chi connectivity index (χ1v) is 7.31. The van der Waals surface area contributed by atoms with Crippen molar-refractivity contribution in [2.45, 2.75) is 12.5 Å². The van der Waals surface area contributed by atoms with Gasteiger partial charge < -0.3 is 16.2 Å². The van der Waals surface area contributed by atoms with Crippen LogP contribution in [0.15, 0.2) is 18.2 Å². The number of carbonyl (C=O) groups is 2. The molecule has 0 unspecified atom stereocenters. The fourth-order valence-corrected chi connectivity index (χ4v) is 2.13. The Kier molecular flexibility index (Phi) is 6.14. The topological polar surface area (TPSA) is 92.4 Å². The second-order valence-electron chi connectivity index (χ2n) is 3.88. The molecule has 0 radical (unpaired) electrons. The number of halogens is 1. The molecule has 0 fully saturated rings. The zero-order valence-corrected chi connectivity index (χ0v) is 11.9. The van der Waals surface area contributed by atoms with Crippen LogP contribution in [0.4, 0.5) is 5.69 Å². The Hall–Kier alpha value is -1.24. The van der Waals surface area contributed by atoms with Crippen LogP contribution in [0.25, 0.3) is 0 Å². The van der Waals surface area contributed by atoms with Gasteiger partial charge in [0.15, 0.2) is 0 Å². The number of amides is 1. The predicted octanol–water partition coefficient (Wildman–Crippen LogP) is 2.06. The normalized spacial score (nSPS) is 11.9. The van der Waals surface area contributed by atoms with Crippen LogP contribution in [0.2, 0.25) is 5.02 Å². The van der Waals surface area contributed by atoms with Gasteiger partial charge in [0.25, 0.3) is 0 Å². The van der Waals surface area contributed by atoms with E-state index in [-0.39, 0.29) is 16.5 Å². The lowest BCUT2D eigenvalue weighted by Crippen LogP contribution is -2.36. The van der Waals surface area contributed by atoms with Crippen molar-refractivity contribution in [2.75, 3.05) is 17.3 Å². The number of carboxylic acid groups (broad SMARTS) is 1. The largest absolute Gasteiger partial charge is 0.478 e. The van der Waals surface area contributed by atoms with Crippen molar-refractivity contribution in [3.63, 3.8) is 0 Å². The number of hydrogen-bond donors (Lipinski definition) is 3. The fraction of sp³-hybridized carbons (Fsp3) is 0.333. The summed E-state index contributed by atoms with van der Waals surface area (Å²) in [6, 6.07) is 3.62. The maximum absolute atomic E-state index is 11.7. The van der Waals surface area contributed by atoms with Crippen molar-refractivity contribution in [1.82, 2.24) is 0 Å². The molecule has 1 aromatic rings. The molecule has 5 nitrogen and oxygen atoms in total. The SMILES string of the molecule is CSCC[C@H](N)C(=O)Nc1ccc(C(=O)O)c(Cl)c1.